The average molecular weight is 295 g/mol. The molecule has 0 aliphatic heterocycles. The number of hydrogen-bond acceptors (Lipinski definition) is 5. The molecule has 0 radical (unpaired) electrons. The van der Waals surface area contributed by atoms with E-state index >= 15 is 0 Å². The number of rotatable bonds is 5. The summed E-state index contributed by atoms with van der Waals surface area (Å²) in [6, 6.07) is 1.46. The SMILES string of the molecule is C=CCn1c(CSc2nc(C)cc(=O)[nH]2)n[nH]c1=S. The molecule has 0 atom stereocenters. The second-order valence-corrected chi connectivity index (χ2v) is 5.18. The smallest absolute Gasteiger partial charge is 0.251 e. The Kier molecular flexibility index (Phi) is 4.33. The Labute approximate surface area is 119 Å². The number of allylic oxidation sites excluding steroid dienone is 1. The maximum absolute atomic E-state index is 11.3. The zero-order chi connectivity index (χ0) is 13.8. The normalized spacial score (nSPS) is 10.6. The first-order chi connectivity index (χ1) is 9.10. The summed E-state index contributed by atoms with van der Waals surface area (Å²) < 4.78 is 2.41. The van der Waals surface area contributed by atoms with Crippen LogP contribution in [0.15, 0.2) is 28.7 Å². The van der Waals surface area contributed by atoms with Crippen LogP contribution < -0.4 is 5.56 Å². The van der Waals surface area contributed by atoms with Gasteiger partial charge in [0.15, 0.2) is 9.93 Å². The summed E-state index contributed by atoms with van der Waals surface area (Å²) in [4.78, 5) is 18.3. The summed E-state index contributed by atoms with van der Waals surface area (Å²) >= 11 is 6.53. The van der Waals surface area contributed by atoms with Crippen molar-refractivity contribution in [3.05, 3.63) is 45.4 Å². The topological polar surface area (TPSA) is 79.4 Å². The van der Waals surface area contributed by atoms with Gasteiger partial charge in [0.2, 0.25) is 0 Å². The van der Waals surface area contributed by atoms with Crippen LogP contribution in [0.25, 0.3) is 0 Å². The molecule has 0 aliphatic rings. The van der Waals surface area contributed by atoms with Gasteiger partial charge >= 0.3 is 0 Å². The van der Waals surface area contributed by atoms with E-state index in [0.717, 1.165) is 5.82 Å². The van der Waals surface area contributed by atoms with E-state index in [4.69, 9.17) is 12.2 Å². The maximum atomic E-state index is 11.3. The lowest BCUT2D eigenvalue weighted by Gasteiger charge is -2.03. The summed E-state index contributed by atoms with van der Waals surface area (Å²) in [6.45, 7) is 6.07. The van der Waals surface area contributed by atoms with E-state index in [2.05, 4.69) is 26.7 Å². The van der Waals surface area contributed by atoms with Crippen LogP contribution in [-0.4, -0.2) is 24.7 Å². The Hall–Kier alpha value is -1.67. The van der Waals surface area contributed by atoms with Crippen molar-refractivity contribution in [3.63, 3.8) is 0 Å². The van der Waals surface area contributed by atoms with Gasteiger partial charge in [-0.25, -0.2) is 4.98 Å². The molecule has 2 N–H and O–H groups in total. The Bertz CT molecular complexity index is 700. The minimum atomic E-state index is -0.153. The zero-order valence-electron chi connectivity index (χ0n) is 10.3. The summed E-state index contributed by atoms with van der Waals surface area (Å²) in [5.41, 5.74) is 0.538. The van der Waals surface area contributed by atoms with Gasteiger partial charge in [0.1, 0.15) is 5.82 Å². The summed E-state index contributed by atoms with van der Waals surface area (Å²) in [7, 11) is 0. The highest BCUT2D eigenvalue weighted by Crippen LogP contribution is 2.17. The molecule has 6 nitrogen and oxygen atoms in total. The van der Waals surface area contributed by atoms with E-state index in [-0.39, 0.29) is 5.56 Å². The third-order valence-electron chi connectivity index (χ3n) is 2.33. The monoisotopic (exact) mass is 295 g/mol. The number of aryl methyl sites for hydroxylation is 1. The first-order valence-electron chi connectivity index (χ1n) is 5.56. The Morgan fingerprint density at radius 1 is 1.63 bits per heavy atom. The van der Waals surface area contributed by atoms with Crippen molar-refractivity contribution in [2.24, 2.45) is 0 Å². The van der Waals surface area contributed by atoms with Crippen molar-refractivity contribution in [2.45, 2.75) is 24.4 Å². The van der Waals surface area contributed by atoms with Crippen molar-refractivity contribution < 1.29 is 0 Å². The van der Waals surface area contributed by atoms with Gasteiger partial charge in [-0.3, -0.25) is 14.5 Å². The van der Waals surface area contributed by atoms with Gasteiger partial charge in [-0.05, 0) is 19.1 Å². The molecular weight excluding hydrogens is 282 g/mol. The van der Waals surface area contributed by atoms with Crippen LogP contribution in [0.2, 0.25) is 0 Å². The highest BCUT2D eigenvalue weighted by molar-refractivity contribution is 7.98. The number of nitrogens with one attached hydrogen (secondary N) is 2. The molecule has 2 aromatic rings. The molecule has 0 aromatic carbocycles. The number of thioether (sulfide) groups is 1. The van der Waals surface area contributed by atoms with Crippen LogP contribution >= 0.6 is 24.0 Å². The van der Waals surface area contributed by atoms with E-state index in [0.29, 0.717) is 27.9 Å². The summed E-state index contributed by atoms with van der Waals surface area (Å²) in [5.74, 6) is 1.35. The second kappa shape index (κ2) is 5.98. The molecule has 8 heteroatoms. The maximum Gasteiger partial charge on any atom is 0.251 e. The summed E-state index contributed by atoms with van der Waals surface area (Å²) in [6.07, 6.45) is 1.76. The van der Waals surface area contributed by atoms with Gasteiger partial charge in [-0.15, -0.1) is 6.58 Å². The lowest BCUT2D eigenvalue weighted by Crippen LogP contribution is -2.08. The predicted molar refractivity (Wildman–Crippen MR) is 76.8 cm³/mol. The standard InChI is InChI=1S/C11H13N5OS2/c1-3-4-16-8(14-15-11(16)18)6-19-10-12-7(2)5-9(17)13-10/h3,5H,1,4,6H2,2H3,(H,15,18)(H,12,13,17). The fraction of sp³-hybridized carbons (Fsp3) is 0.273. The molecule has 0 unspecified atom stereocenters. The van der Waals surface area contributed by atoms with E-state index in [1.54, 1.807) is 13.0 Å². The second-order valence-electron chi connectivity index (χ2n) is 3.82. The third kappa shape index (κ3) is 3.42. The van der Waals surface area contributed by atoms with Crippen LogP contribution in [-0.2, 0) is 12.3 Å². The molecule has 0 fully saturated rings. The van der Waals surface area contributed by atoms with Crippen LogP contribution in [0.4, 0.5) is 0 Å². The molecule has 19 heavy (non-hydrogen) atoms. The van der Waals surface area contributed by atoms with Crippen molar-refractivity contribution in [3.8, 4) is 0 Å². The number of hydrogen-bond donors (Lipinski definition) is 2. The van der Waals surface area contributed by atoms with Gasteiger partial charge in [-0.1, -0.05) is 17.8 Å². The van der Waals surface area contributed by atoms with Crippen LogP contribution in [0.1, 0.15) is 11.5 Å². The van der Waals surface area contributed by atoms with Crippen LogP contribution in [0, 0.1) is 11.7 Å². The predicted octanol–water partition coefficient (Wildman–Crippen LogP) is 1.81. The van der Waals surface area contributed by atoms with Crippen LogP contribution in [0.5, 0.6) is 0 Å². The van der Waals surface area contributed by atoms with Gasteiger partial charge in [0.05, 0.1) is 5.75 Å². The van der Waals surface area contributed by atoms with Crippen molar-refractivity contribution in [1.29, 1.82) is 0 Å². The molecule has 2 heterocycles. The third-order valence-corrected chi connectivity index (χ3v) is 3.52. The van der Waals surface area contributed by atoms with Crippen molar-refractivity contribution >= 4 is 24.0 Å². The van der Waals surface area contributed by atoms with E-state index in [9.17, 15) is 4.79 Å². The first kappa shape index (κ1) is 13.8. The lowest BCUT2D eigenvalue weighted by molar-refractivity contribution is 0.764. The molecule has 0 spiro atoms. The largest absolute Gasteiger partial charge is 0.301 e. The minimum absolute atomic E-state index is 0.153. The number of aromatic nitrogens is 5. The molecule has 0 bridgehead atoms. The average Bonchev–Trinajstić information content (AvgIpc) is 2.68. The van der Waals surface area contributed by atoms with Crippen LogP contribution in [0.3, 0.4) is 0 Å². The number of H-pyrrole nitrogens is 2. The molecule has 0 aliphatic carbocycles. The van der Waals surface area contributed by atoms with Crippen molar-refractivity contribution in [2.75, 3.05) is 0 Å². The Morgan fingerprint density at radius 2 is 2.42 bits per heavy atom. The number of nitrogens with zero attached hydrogens (tertiary/aromatic N) is 3. The highest BCUT2D eigenvalue weighted by atomic mass is 32.2. The molecule has 0 saturated heterocycles. The molecule has 0 amide bonds. The van der Waals surface area contributed by atoms with Gasteiger partial charge in [0.25, 0.3) is 5.56 Å². The molecule has 2 rings (SSSR count). The molecule has 0 saturated carbocycles. The fourth-order valence-corrected chi connectivity index (χ4v) is 2.62. The van der Waals surface area contributed by atoms with Gasteiger partial charge in [-0.2, -0.15) is 5.10 Å². The fourth-order valence-electron chi connectivity index (χ4n) is 1.53. The summed E-state index contributed by atoms with van der Waals surface area (Å²) in [5, 5.41) is 7.47. The van der Waals surface area contributed by atoms with Crippen molar-refractivity contribution in [1.82, 2.24) is 24.7 Å². The van der Waals surface area contributed by atoms with E-state index in [1.807, 2.05) is 4.57 Å². The Morgan fingerprint density at radius 3 is 3.11 bits per heavy atom. The lowest BCUT2D eigenvalue weighted by atomic mass is 10.5. The molecule has 2 aromatic heterocycles. The minimum Gasteiger partial charge on any atom is -0.301 e. The first-order valence-corrected chi connectivity index (χ1v) is 6.95. The van der Waals surface area contributed by atoms with E-state index < -0.39 is 0 Å². The van der Waals surface area contributed by atoms with Gasteiger partial charge in [0, 0.05) is 18.3 Å². The molecule has 100 valence electrons. The number of aromatic amines is 2. The highest BCUT2D eigenvalue weighted by Gasteiger charge is 2.07. The quantitative estimate of drug-likeness (QED) is 0.381. The van der Waals surface area contributed by atoms with E-state index in [1.165, 1.54) is 17.8 Å². The Balaban J connectivity index is 2.16. The van der Waals surface area contributed by atoms with Gasteiger partial charge < -0.3 is 4.98 Å². The molecular formula is C11H13N5OS2. The zero-order valence-corrected chi connectivity index (χ0v) is 12.0.